The largest absolute Gasteiger partial charge is 0.298 e. The Hall–Kier alpha value is -1.61. The highest BCUT2D eigenvalue weighted by Gasteiger charge is 2.05. The van der Waals surface area contributed by atoms with Crippen molar-refractivity contribution in [1.29, 1.82) is 0 Å². The number of Topliss-reactive ketones (excluding diaryl/α,β-unsaturated/α-hetero) is 1. The van der Waals surface area contributed by atoms with Crippen molar-refractivity contribution in [2.45, 2.75) is 24.7 Å². The number of benzene rings is 1. The van der Waals surface area contributed by atoms with Gasteiger partial charge in [0.25, 0.3) is 0 Å². The summed E-state index contributed by atoms with van der Waals surface area (Å²) in [7, 11) is 0. The smallest absolute Gasteiger partial charge is 0.149 e. The highest BCUT2D eigenvalue weighted by Crippen LogP contribution is 2.17. The van der Waals surface area contributed by atoms with Gasteiger partial charge in [-0.2, -0.15) is 0 Å². The summed E-state index contributed by atoms with van der Waals surface area (Å²) in [5.41, 5.74) is 2.06. The summed E-state index contributed by atoms with van der Waals surface area (Å²) >= 11 is 1.58. The summed E-state index contributed by atoms with van der Waals surface area (Å²) in [6, 6.07) is 14.0. The first-order valence-electron chi connectivity index (χ1n) is 6.41. The Balaban J connectivity index is 1.83. The third-order valence-electron chi connectivity index (χ3n) is 2.82. The molecule has 0 aliphatic rings. The molecule has 2 rings (SSSR count). The molecule has 2 aromatic rings. The van der Waals surface area contributed by atoms with E-state index < -0.39 is 0 Å². The minimum atomic E-state index is 0.214. The molecular formula is C16H17NOS. The number of pyridine rings is 1. The van der Waals surface area contributed by atoms with Gasteiger partial charge in [0.2, 0.25) is 0 Å². The molecule has 0 saturated heterocycles. The van der Waals surface area contributed by atoms with Crippen molar-refractivity contribution in [3.05, 3.63) is 59.9 Å². The van der Waals surface area contributed by atoms with Crippen LogP contribution in [0, 0.1) is 0 Å². The third kappa shape index (κ3) is 4.52. The van der Waals surface area contributed by atoms with E-state index >= 15 is 0 Å². The maximum absolute atomic E-state index is 11.9. The number of thioether (sulfide) groups is 1. The van der Waals surface area contributed by atoms with E-state index in [0.29, 0.717) is 12.2 Å². The van der Waals surface area contributed by atoms with Crippen LogP contribution in [0.2, 0.25) is 0 Å². The molecule has 3 heteroatoms. The molecule has 0 spiro atoms. The van der Waals surface area contributed by atoms with Gasteiger partial charge in [-0.05, 0) is 30.2 Å². The van der Waals surface area contributed by atoms with Gasteiger partial charge in [-0.3, -0.25) is 9.78 Å². The number of aromatic nitrogens is 1. The maximum atomic E-state index is 11.9. The lowest BCUT2D eigenvalue weighted by Crippen LogP contribution is -2.07. The van der Waals surface area contributed by atoms with E-state index in [1.807, 2.05) is 48.7 Å². The van der Waals surface area contributed by atoms with Crippen molar-refractivity contribution in [2.24, 2.45) is 0 Å². The van der Waals surface area contributed by atoms with Crippen LogP contribution < -0.4 is 0 Å². The normalized spacial score (nSPS) is 10.4. The maximum Gasteiger partial charge on any atom is 0.149 e. The molecule has 1 aromatic carbocycles. The Morgan fingerprint density at radius 1 is 1.16 bits per heavy atom. The molecule has 0 atom stereocenters. The van der Waals surface area contributed by atoms with Crippen LogP contribution in [0.1, 0.15) is 18.2 Å². The van der Waals surface area contributed by atoms with Gasteiger partial charge >= 0.3 is 0 Å². The zero-order valence-electron chi connectivity index (χ0n) is 11.0. The topological polar surface area (TPSA) is 30.0 Å². The van der Waals surface area contributed by atoms with Crippen molar-refractivity contribution in [3.8, 4) is 0 Å². The van der Waals surface area contributed by atoms with Gasteiger partial charge in [-0.1, -0.05) is 31.2 Å². The van der Waals surface area contributed by atoms with Gasteiger partial charge in [0.05, 0.1) is 5.75 Å². The minimum absolute atomic E-state index is 0.214. The van der Waals surface area contributed by atoms with Crippen LogP contribution in [0.15, 0.2) is 53.6 Å². The molecule has 0 saturated carbocycles. The quantitative estimate of drug-likeness (QED) is 0.753. The second kappa shape index (κ2) is 7.10. The highest BCUT2D eigenvalue weighted by molar-refractivity contribution is 8.00. The summed E-state index contributed by atoms with van der Waals surface area (Å²) < 4.78 is 0. The van der Waals surface area contributed by atoms with Gasteiger partial charge in [-0.25, -0.2) is 0 Å². The van der Waals surface area contributed by atoms with Crippen molar-refractivity contribution < 1.29 is 4.79 Å². The minimum Gasteiger partial charge on any atom is -0.298 e. The van der Waals surface area contributed by atoms with Crippen molar-refractivity contribution >= 4 is 17.5 Å². The second-order valence-electron chi connectivity index (χ2n) is 4.33. The van der Waals surface area contributed by atoms with Crippen molar-refractivity contribution in [3.63, 3.8) is 0 Å². The second-order valence-corrected chi connectivity index (χ2v) is 5.38. The summed E-state index contributed by atoms with van der Waals surface area (Å²) in [4.78, 5) is 17.3. The summed E-state index contributed by atoms with van der Waals surface area (Å²) in [5.74, 6) is 0.715. The first-order chi connectivity index (χ1) is 9.28. The summed E-state index contributed by atoms with van der Waals surface area (Å²) in [6.45, 7) is 2.10. The summed E-state index contributed by atoms with van der Waals surface area (Å²) in [5, 5.41) is 0. The first kappa shape index (κ1) is 13.8. The molecule has 0 aliphatic heterocycles. The molecule has 2 nitrogen and oxygen atoms in total. The number of carbonyl (C=O) groups is 1. The standard InChI is InChI=1S/C16H17NOS/c1-2-13-8-9-14(17-11-13)10-15(18)12-19-16-6-4-3-5-7-16/h3-9,11H,2,10,12H2,1H3. The predicted molar refractivity (Wildman–Crippen MR) is 79.5 cm³/mol. The number of hydrogen-bond donors (Lipinski definition) is 0. The van der Waals surface area contributed by atoms with Gasteiger partial charge in [0.1, 0.15) is 5.78 Å². The van der Waals surface area contributed by atoms with Crippen LogP contribution in [-0.4, -0.2) is 16.5 Å². The van der Waals surface area contributed by atoms with E-state index in [9.17, 15) is 4.79 Å². The SMILES string of the molecule is CCc1ccc(CC(=O)CSc2ccccc2)nc1. The number of nitrogens with zero attached hydrogens (tertiary/aromatic N) is 1. The predicted octanol–water partition coefficient (Wildman–Crippen LogP) is 3.55. The molecule has 0 N–H and O–H groups in total. The molecule has 0 bridgehead atoms. The fourth-order valence-electron chi connectivity index (χ4n) is 1.70. The van der Waals surface area contributed by atoms with Crippen molar-refractivity contribution in [2.75, 3.05) is 5.75 Å². The lowest BCUT2D eigenvalue weighted by atomic mass is 10.1. The fraction of sp³-hybridized carbons (Fsp3) is 0.250. The Morgan fingerprint density at radius 2 is 1.95 bits per heavy atom. The van der Waals surface area contributed by atoms with E-state index in [1.54, 1.807) is 11.8 Å². The third-order valence-corrected chi connectivity index (χ3v) is 3.89. The Kier molecular flexibility index (Phi) is 5.16. The lowest BCUT2D eigenvalue weighted by molar-refractivity contribution is -0.116. The highest BCUT2D eigenvalue weighted by atomic mass is 32.2. The zero-order chi connectivity index (χ0) is 13.5. The molecule has 98 valence electrons. The monoisotopic (exact) mass is 271 g/mol. The zero-order valence-corrected chi connectivity index (χ0v) is 11.8. The van der Waals surface area contributed by atoms with E-state index in [0.717, 1.165) is 17.0 Å². The molecule has 0 amide bonds. The van der Waals surface area contributed by atoms with Crippen LogP contribution in [0.3, 0.4) is 0 Å². The van der Waals surface area contributed by atoms with Crippen LogP contribution in [-0.2, 0) is 17.6 Å². The Labute approximate surface area is 118 Å². The van der Waals surface area contributed by atoms with Crippen LogP contribution >= 0.6 is 11.8 Å². The fourth-order valence-corrected chi connectivity index (χ4v) is 2.48. The van der Waals surface area contributed by atoms with Gasteiger partial charge in [-0.15, -0.1) is 11.8 Å². The van der Waals surface area contributed by atoms with Gasteiger partial charge in [0.15, 0.2) is 0 Å². The molecule has 1 aromatic heterocycles. The molecular weight excluding hydrogens is 254 g/mol. The molecule has 1 heterocycles. The molecule has 0 radical (unpaired) electrons. The van der Waals surface area contributed by atoms with Crippen LogP contribution in [0.25, 0.3) is 0 Å². The van der Waals surface area contributed by atoms with Crippen molar-refractivity contribution in [1.82, 2.24) is 4.98 Å². The molecule has 0 fully saturated rings. The number of rotatable bonds is 6. The van der Waals surface area contributed by atoms with Gasteiger partial charge < -0.3 is 0 Å². The molecule has 19 heavy (non-hydrogen) atoms. The Morgan fingerprint density at radius 3 is 2.58 bits per heavy atom. The van der Waals surface area contributed by atoms with E-state index in [4.69, 9.17) is 0 Å². The van der Waals surface area contributed by atoms with E-state index in [-0.39, 0.29) is 5.78 Å². The number of ketones is 1. The van der Waals surface area contributed by atoms with E-state index in [2.05, 4.69) is 11.9 Å². The molecule has 0 unspecified atom stereocenters. The van der Waals surface area contributed by atoms with Gasteiger partial charge in [0, 0.05) is 23.2 Å². The first-order valence-corrected chi connectivity index (χ1v) is 7.40. The average Bonchev–Trinajstić information content (AvgIpc) is 2.47. The molecule has 0 aliphatic carbocycles. The number of hydrogen-bond acceptors (Lipinski definition) is 3. The van der Waals surface area contributed by atoms with Crippen LogP contribution in [0.4, 0.5) is 0 Å². The van der Waals surface area contributed by atoms with Crippen LogP contribution in [0.5, 0.6) is 0 Å². The number of carbonyl (C=O) groups excluding carboxylic acids is 1. The number of aryl methyl sites for hydroxylation is 1. The Bertz CT molecular complexity index is 522. The average molecular weight is 271 g/mol. The van der Waals surface area contributed by atoms with E-state index in [1.165, 1.54) is 5.56 Å². The summed E-state index contributed by atoms with van der Waals surface area (Å²) in [6.07, 6.45) is 3.25. The lowest BCUT2D eigenvalue weighted by Gasteiger charge is -2.02.